The molecule has 4 rings (SSSR count). The standard InChI is InChI=1S/C35H54N6O4S/c1-23-29(46-22-37-23)24-15-17-25(18-16-24)35(5)33(45)39-31(40-35)27-20-26(42)21-41(27)32(44)30(34(2,3)4)38-28(43)14-12-10-8-6-7-9-11-13-19-36/h15-18,22,26-27,30,33,42,45H,6-14,19-21,36H2,1-5H3,(H,38,43)(H,39,40)/t26-,27+,30-,33?,35+/m1/s1. The molecule has 10 nitrogen and oxygen atoms in total. The highest BCUT2D eigenvalue weighted by molar-refractivity contribution is 7.13. The number of nitrogens with two attached hydrogens (primary N) is 1. The van der Waals surface area contributed by atoms with Gasteiger partial charge < -0.3 is 31.5 Å². The Morgan fingerprint density at radius 1 is 1.09 bits per heavy atom. The molecule has 0 bridgehead atoms. The van der Waals surface area contributed by atoms with Crippen molar-refractivity contribution in [2.45, 2.75) is 129 Å². The van der Waals surface area contributed by atoms with Crippen molar-refractivity contribution in [3.05, 3.63) is 41.0 Å². The summed E-state index contributed by atoms with van der Waals surface area (Å²) in [5.74, 6) is 0.0739. The Hall–Kier alpha value is -2.86. The molecule has 6 N–H and O–H groups in total. The van der Waals surface area contributed by atoms with Gasteiger partial charge in [-0.15, -0.1) is 11.3 Å². The number of nitrogens with one attached hydrogen (secondary N) is 2. The van der Waals surface area contributed by atoms with Crippen LogP contribution in [0.15, 0.2) is 34.8 Å². The number of carbonyl (C=O) groups excluding carboxylic acids is 2. The van der Waals surface area contributed by atoms with Gasteiger partial charge in [0.15, 0.2) is 6.23 Å². The van der Waals surface area contributed by atoms with Crippen molar-refractivity contribution >= 4 is 29.0 Å². The van der Waals surface area contributed by atoms with E-state index >= 15 is 0 Å². The molecule has 1 aromatic heterocycles. The second-order valence-corrected chi connectivity index (χ2v) is 15.0. The first kappa shape index (κ1) is 36.0. The van der Waals surface area contributed by atoms with Crippen LogP contribution in [0.1, 0.15) is 103 Å². The monoisotopic (exact) mass is 654 g/mol. The van der Waals surface area contributed by atoms with Gasteiger partial charge in [0.2, 0.25) is 11.8 Å². The number of rotatable bonds is 15. The highest BCUT2D eigenvalue weighted by atomic mass is 32.1. The van der Waals surface area contributed by atoms with Gasteiger partial charge in [-0.1, -0.05) is 83.6 Å². The number of aliphatic hydroxyl groups is 2. The number of aliphatic hydroxyl groups excluding tert-OH is 2. The number of thiazole rings is 1. The summed E-state index contributed by atoms with van der Waals surface area (Å²) in [4.78, 5) is 38.8. The number of aryl methyl sites for hydroxylation is 1. The van der Waals surface area contributed by atoms with Crippen LogP contribution < -0.4 is 16.4 Å². The lowest BCUT2D eigenvalue weighted by Gasteiger charge is -2.36. The molecular formula is C35H54N6O4S. The zero-order chi connectivity index (χ0) is 33.5. The van der Waals surface area contributed by atoms with E-state index in [9.17, 15) is 19.8 Å². The van der Waals surface area contributed by atoms with Crippen LogP contribution in [0.5, 0.6) is 0 Å². The van der Waals surface area contributed by atoms with Gasteiger partial charge >= 0.3 is 0 Å². The van der Waals surface area contributed by atoms with Gasteiger partial charge in [-0.05, 0) is 49.8 Å². The SMILES string of the molecule is Cc1ncsc1-c1ccc([C@]2(C)NC([C@@H]3C[C@@H](O)CN3C(=O)[C@@H](NC(=O)CCCCCCCCCCN)C(C)(C)C)=NC2O)cc1. The molecule has 0 aliphatic carbocycles. The highest BCUT2D eigenvalue weighted by Crippen LogP contribution is 2.35. The molecular weight excluding hydrogens is 600 g/mol. The Morgan fingerprint density at radius 3 is 2.30 bits per heavy atom. The predicted octanol–water partition coefficient (Wildman–Crippen LogP) is 4.62. The average Bonchev–Trinajstić information content (AvgIpc) is 3.71. The molecule has 3 heterocycles. The molecule has 1 saturated heterocycles. The van der Waals surface area contributed by atoms with Crippen molar-refractivity contribution in [3.8, 4) is 10.4 Å². The zero-order valence-electron chi connectivity index (χ0n) is 28.2. The molecule has 1 unspecified atom stereocenters. The summed E-state index contributed by atoms with van der Waals surface area (Å²) in [7, 11) is 0. The molecule has 0 radical (unpaired) electrons. The van der Waals surface area contributed by atoms with E-state index in [1.54, 1.807) is 16.2 Å². The summed E-state index contributed by atoms with van der Waals surface area (Å²) in [6, 6.07) is 6.67. The lowest BCUT2D eigenvalue weighted by Crippen LogP contribution is -2.58. The molecule has 0 saturated carbocycles. The summed E-state index contributed by atoms with van der Waals surface area (Å²) in [6.45, 7) is 10.6. The normalized spacial score (nSPS) is 23.7. The van der Waals surface area contributed by atoms with Gasteiger partial charge in [0.05, 0.1) is 28.2 Å². The van der Waals surface area contributed by atoms with Gasteiger partial charge in [0, 0.05) is 19.4 Å². The van der Waals surface area contributed by atoms with E-state index in [4.69, 9.17) is 5.73 Å². The number of benzene rings is 1. The fourth-order valence-corrected chi connectivity index (χ4v) is 7.23. The van der Waals surface area contributed by atoms with Crippen LogP contribution in [-0.2, 0) is 15.1 Å². The third kappa shape index (κ3) is 8.73. The summed E-state index contributed by atoms with van der Waals surface area (Å²) in [6.07, 6.45) is 7.55. The maximum Gasteiger partial charge on any atom is 0.246 e. The molecule has 1 aromatic carbocycles. The number of hydrogen-bond acceptors (Lipinski definition) is 9. The first-order chi connectivity index (χ1) is 21.8. The largest absolute Gasteiger partial charge is 0.391 e. The van der Waals surface area contributed by atoms with Crippen molar-refractivity contribution in [1.29, 1.82) is 0 Å². The number of hydrogen-bond donors (Lipinski definition) is 5. The van der Waals surface area contributed by atoms with Gasteiger partial charge in [0.25, 0.3) is 0 Å². The number of β-amino-alcohol motifs (C(OH)–C–C–N with tert-alkyl or cyclic N) is 1. The van der Waals surface area contributed by atoms with E-state index in [1.165, 1.54) is 19.3 Å². The molecule has 2 aromatic rings. The second-order valence-electron chi connectivity index (χ2n) is 14.2. The molecule has 254 valence electrons. The van der Waals surface area contributed by atoms with Gasteiger partial charge in [-0.3, -0.25) is 9.59 Å². The fourth-order valence-electron chi connectivity index (χ4n) is 6.42. The quantitative estimate of drug-likeness (QED) is 0.176. The molecule has 5 atom stereocenters. The number of unbranched alkanes of at least 4 members (excludes halogenated alkanes) is 7. The van der Waals surface area contributed by atoms with Gasteiger partial charge in [-0.25, -0.2) is 9.98 Å². The van der Waals surface area contributed by atoms with Crippen LogP contribution in [-0.4, -0.2) is 75.3 Å². The highest BCUT2D eigenvalue weighted by Gasteiger charge is 2.48. The number of aliphatic imine (C=N–C) groups is 1. The lowest BCUT2D eigenvalue weighted by atomic mass is 9.85. The molecule has 1 fully saturated rings. The molecule has 2 amide bonds. The molecule has 46 heavy (non-hydrogen) atoms. The van der Waals surface area contributed by atoms with E-state index in [1.807, 2.05) is 64.4 Å². The summed E-state index contributed by atoms with van der Waals surface area (Å²) in [5.41, 5.74) is 8.81. The fraction of sp³-hybridized carbons (Fsp3) is 0.657. The van der Waals surface area contributed by atoms with Crippen LogP contribution in [0.2, 0.25) is 0 Å². The predicted molar refractivity (Wildman–Crippen MR) is 184 cm³/mol. The van der Waals surface area contributed by atoms with E-state index in [-0.39, 0.29) is 18.4 Å². The Labute approximate surface area is 278 Å². The molecule has 2 aliphatic rings. The van der Waals surface area contributed by atoms with Crippen LogP contribution >= 0.6 is 11.3 Å². The zero-order valence-corrected chi connectivity index (χ0v) is 29.0. The summed E-state index contributed by atoms with van der Waals surface area (Å²) in [5, 5.41) is 28.3. The lowest BCUT2D eigenvalue weighted by molar-refractivity contribution is -0.139. The van der Waals surface area contributed by atoms with E-state index in [0.717, 1.165) is 60.3 Å². The van der Waals surface area contributed by atoms with Crippen molar-refractivity contribution < 1.29 is 19.8 Å². The van der Waals surface area contributed by atoms with Crippen LogP contribution in [0.3, 0.4) is 0 Å². The van der Waals surface area contributed by atoms with E-state index in [2.05, 4.69) is 20.6 Å². The van der Waals surface area contributed by atoms with Gasteiger partial charge in [-0.2, -0.15) is 0 Å². The number of likely N-dealkylation sites (tertiary alicyclic amines) is 1. The number of nitrogens with zero attached hydrogens (tertiary/aromatic N) is 3. The van der Waals surface area contributed by atoms with Gasteiger partial charge in [0.1, 0.15) is 17.4 Å². The number of amidine groups is 1. The van der Waals surface area contributed by atoms with Crippen molar-refractivity contribution in [2.75, 3.05) is 13.1 Å². The third-order valence-electron chi connectivity index (χ3n) is 9.31. The molecule has 11 heteroatoms. The smallest absolute Gasteiger partial charge is 0.246 e. The van der Waals surface area contributed by atoms with E-state index in [0.29, 0.717) is 18.7 Å². The average molecular weight is 655 g/mol. The maximum atomic E-state index is 14.1. The maximum absolute atomic E-state index is 14.1. The van der Waals surface area contributed by atoms with E-state index < -0.39 is 35.4 Å². The first-order valence-electron chi connectivity index (χ1n) is 16.9. The Bertz CT molecular complexity index is 1340. The molecule has 2 aliphatic heterocycles. The minimum atomic E-state index is -1.09. The number of aromatic nitrogens is 1. The van der Waals surface area contributed by atoms with Crippen LogP contribution in [0.4, 0.5) is 0 Å². The number of carbonyl (C=O) groups is 2. The van der Waals surface area contributed by atoms with Crippen LogP contribution in [0.25, 0.3) is 10.4 Å². The Kier molecular flexibility index (Phi) is 12.4. The van der Waals surface area contributed by atoms with Crippen molar-refractivity contribution in [2.24, 2.45) is 16.1 Å². The first-order valence-corrected chi connectivity index (χ1v) is 17.8. The van der Waals surface area contributed by atoms with Crippen molar-refractivity contribution in [1.82, 2.24) is 20.5 Å². The number of amides is 2. The molecule has 0 spiro atoms. The summed E-state index contributed by atoms with van der Waals surface area (Å²) >= 11 is 1.59. The Morgan fingerprint density at radius 2 is 1.72 bits per heavy atom. The van der Waals surface area contributed by atoms with Crippen LogP contribution in [0, 0.1) is 12.3 Å². The van der Waals surface area contributed by atoms with Crippen molar-refractivity contribution in [3.63, 3.8) is 0 Å². The second kappa shape index (κ2) is 15.8. The minimum absolute atomic E-state index is 0.133. The topological polar surface area (TPSA) is 153 Å². The minimum Gasteiger partial charge on any atom is -0.391 e. The Balaban J connectivity index is 1.38. The summed E-state index contributed by atoms with van der Waals surface area (Å²) < 4.78 is 0. The third-order valence-corrected chi connectivity index (χ3v) is 10.3.